The van der Waals surface area contributed by atoms with Crippen molar-refractivity contribution in [3.63, 3.8) is 0 Å². The standard InChI is InChI=1S/C23H17Cl3O3S/c1-15-5-7-16(8-6-15)14-30(28,29)21(13-27)22(17-9-11-18(24)12-10-17)19-3-2-4-20(25)23(19)26/h2-13H,14H2,1H3. The predicted molar refractivity (Wildman–Crippen MR) is 124 cm³/mol. The molecule has 3 nitrogen and oxygen atoms in total. The van der Waals surface area contributed by atoms with Crippen molar-refractivity contribution in [3.8, 4) is 0 Å². The number of halogens is 3. The fourth-order valence-electron chi connectivity index (χ4n) is 3.01. The number of sulfone groups is 1. The highest BCUT2D eigenvalue weighted by Gasteiger charge is 2.26. The van der Waals surface area contributed by atoms with Crippen LogP contribution in [0.3, 0.4) is 0 Å². The lowest BCUT2D eigenvalue weighted by Crippen LogP contribution is -2.12. The number of carbonyl (C=O) groups is 1. The van der Waals surface area contributed by atoms with Crippen LogP contribution in [0.15, 0.2) is 71.6 Å². The van der Waals surface area contributed by atoms with Crippen LogP contribution >= 0.6 is 34.8 Å². The molecule has 7 heteroatoms. The van der Waals surface area contributed by atoms with Crippen molar-refractivity contribution in [3.05, 3.63) is 109 Å². The minimum absolute atomic E-state index is 0.161. The van der Waals surface area contributed by atoms with Gasteiger partial charge in [-0.15, -0.1) is 0 Å². The molecular weight excluding hydrogens is 463 g/mol. The third kappa shape index (κ3) is 4.96. The summed E-state index contributed by atoms with van der Waals surface area (Å²) in [7, 11) is -4.00. The molecule has 0 amide bonds. The topological polar surface area (TPSA) is 51.2 Å². The Hall–Kier alpha value is -2.11. The van der Waals surface area contributed by atoms with Crippen molar-refractivity contribution in [1.29, 1.82) is 0 Å². The Balaban J connectivity index is 2.26. The highest BCUT2D eigenvalue weighted by atomic mass is 35.5. The lowest BCUT2D eigenvalue weighted by molar-refractivity contribution is -0.104. The zero-order valence-electron chi connectivity index (χ0n) is 15.9. The lowest BCUT2D eigenvalue weighted by atomic mass is 9.97. The third-order valence-corrected chi connectivity index (χ3v) is 7.27. The Morgan fingerprint density at radius 2 is 1.53 bits per heavy atom. The van der Waals surface area contributed by atoms with Crippen molar-refractivity contribution >= 4 is 56.5 Å². The van der Waals surface area contributed by atoms with Gasteiger partial charge in [-0.2, -0.15) is 0 Å². The van der Waals surface area contributed by atoms with Gasteiger partial charge in [-0.05, 0) is 36.2 Å². The van der Waals surface area contributed by atoms with Gasteiger partial charge in [-0.3, -0.25) is 4.79 Å². The van der Waals surface area contributed by atoms with Gasteiger partial charge < -0.3 is 0 Å². The first-order valence-electron chi connectivity index (χ1n) is 8.91. The van der Waals surface area contributed by atoms with E-state index in [9.17, 15) is 13.2 Å². The van der Waals surface area contributed by atoms with Crippen LogP contribution in [-0.4, -0.2) is 14.7 Å². The van der Waals surface area contributed by atoms with Crippen molar-refractivity contribution in [2.24, 2.45) is 0 Å². The number of benzene rings is 3. The van der Waals surface area contributed by atoms with Gasteiger partial charge in [0, 0.05) is 16.2 Å². The van der Waals surface area contributed by atoms with Gasteiger partial charge in [-0.1, -0.05) is 88.9 Å². The quantitative estimate of drug-likeness (QED) is 0.298. The number of carbonyl (C=O) groups excluding carboxylic acids is 1. The van der Waals surface area contributed by atoms with Crippen LogP contribution in [0.1, 0.15) is 22.3 Å². The highest BCUT2D eigenvalue weighted by Crippen LogP contribution is 2.37. The number of rotatable bonds is 6. The molecule has 0 spiro atoms. The molecule has 0 fully saturated rings. The van der Waals surface area contributed by atoms with Gasteiger partial charge in [-0.25, -0.2) is 8.42 Å². The van der Waals surface area contributed by atoms with Crippen LogP contribution in [0, 0.1) is 6.92 Å². The first-order valence-corrected chi connectivity index (χ1v) is 11.7. The molecule has 0 aliphatic heterocycles. The van der Waals surface area contributed by atoms with Gasteiger partial charge in [0.2, 0.25) is 0 Å². The maximum Gasteiger partial charge on any atom is 0.186 e. The first-order chi connectivity index (χ1) is 14.2. The molecule has 0 aromatic heterocycles. The predicted octanol–water partition coefficient (Wildman–Crippen LogP) is 6.53. The van der Waals surface area contributed by atoms with E-state index in [0.29, 0.717) is 28.0 Å². The van der Waals surface area contributed by atoms with Crippen molar-refractivity contribution in [1.82, 2.24) is 0 Å². The van der Waals surface area contributed by atoms with E-state index in [1.807, 2.05) is 19.1 Å². The lowest BCUT2D eigenvalue weighted by Gasteiger charge is -2.15. The highest BCUT2D eigenvalue weighted by molar-refractivity contribution is 7.95. The van der Waals surface area contributed by atoms with E-state index < -0.39 is 9.84 Å². The van der Waals surface area contributed by atoms with E-state index in [1.165, 1.54) is 0 Å². The van der Waals surface area contributed by atoms with Crippen LogP contribution in [0.5, 0.6) is 0 Å². The molecule has 154 valence electrons. The average molecular weight is 480 g/mol. The summed E-state index contributed by atoms with van der Waals surface area (Å²) in [6.07, 6.45) is 0.352. The normalized spacial score (nSPS) is 12.4. The average Bonchev–Trinajstić information content (AvgIpc) is 2.71. The number of allylic oxidation sites excluding steroid dienone is 1. The summed E-state index contributed by atoms with van der Waals surface area (Å²) in [5.74, 6) is -0.323. The monoisotopic (exact) mass is 478 g/mol. The molecule has 3 aromatic rings. The summed E-state index contributed by atoms with van der Waals surface area (Å²) < 4.78 is 26.6. The van der Waals surface area contributed by atoms with E-state index in [2.05, 4.69) is 0 Å². The SMILES string of the molecule is Cc1ccc(CS(=O)(=O)C(C=O)=C(c2ccc(Cl)cc2)c2cccc(Cl)c2Cl)cc1. The van der Waals surface area contributed by atoms with Gasteiger partial charge >= 0.3 is 0 Å². The van der Waals surface area contributed by atoms with Gasteiger partial charge in [0.05, 0.1) is 15.8 Å². The van der Waals surface area contributed by atoms with E-state index in [-0.39, 0.29) is 26.3 Å². The maximum absolute atomic E-state index is 13.3. The summed E-state index contributed by atoms with van der Waals surface area (Å²) in [4.78, 5) is 11.7. The minimum atomic E-state index is -4.00. The Bertz CT molecular complexity index is 1210. The molecule has 0 atom stereocenters. The molecule has 0 saturated carbocycles. The molecule has 0 aliphatic rings. The Labute approximate surface area is 190 Å². The fraction of sp³-hybridized carbons (Fsp3) is 0.0870. The zero-order chi connectivity index (χ0) is 21.9. The molecule has 0 N–H and O–H groups in total. The van der Waals surface area contributed by atoms with E-state index in [1.54, 1.807) is 54.6 Å². The fourth-order valence-corrected chi connectivity index (χ4v) is 5.01. The van der Waals surface area contributed by atoms with Gasteiger partial charge in [0.15, 0.2) is 16.1 Å². The molecular formula is C23H17Cl3O3S. The molecule has 0 aliphatic carbocycles. The van der Waals surface area contributed by atoms with E-state index in [0.717, 1.165) is 5.56 Å². The van der Waals surface area contributed by atoms with Crippen LogP contribution in [0.25, 0.3) is 5.57 Å². The summed E-state index contributed by atoms with van der Waals surface area (Å²) >= 11 is 18.6. The molecule has 0 bridgehead atoms. The summed E-state index contributed by atoms with van der Waals surface area (Å²) in [5.41, 5.74) is 2.60. The van der Waals surface area contributed by atoms with E-state index in [4.69, 9.17) is 34.8 Å². The largest absolute Gasteiger partial charge is 0.297 e. The molecule has 0 heterocycles. The van der Waals surface area contributed by atoms with Crippen LogP contribution in [0.4, 0.5) is 0 Å². The summed E-state index contributed by atoms with van der Waals surface area (Å²) in [5, 5.41) is 0.890. The number of aryl methyl sites for hydroxylation is 1. The molecule has 3 aromatic carbocycles. The van der Waals surface area contributed by atoms with Crippen LogP contribution < -0.4 is 0 Å². The maximum atomic E-state index is 13.3. The van der Waals surface area contributed by atoms with Crippen molar-refractivity contribution in [2.75, 3.05) is 0 Å². The van der Waals surface area contributed by atoms with Crippen LogP contribution in [0.2, 0.25) is 15.1 Å². The third-order valence-electron chi connectivity index (χ3n) is 4.52. The molecule has 0 unspecified atom stereocenters. The van der Waals surface area contributed by atoms with Crippen LogP contribution in [-0.2, 0) is 20.4 Å². The second kappa shape index (κ2) is 9.36. The molecule has 0 saturated heterocycles. The number of hydrogen-bond acceptors (Lipinski definition) is 3. The van der Waals surface area contributed by atoms with E-state index >= 15 is 0 Å². The second-order valence-corrected chi connectivity index (χ2v) is 9.89. The smallest absolute Gasteiger partial charge is 0.186 e. The zero-order valence-corrected chi connectivity index (χ0v) is 19.0. The minimum Gasteiger partial charge on any atom is -0.297 e. The Morgan fingerprint density at radius 3 is 2.13 bits per heavy atom. The molecule has 30 heavy (non-hydrogen) atoms. The van der Waals surface area contributed by atoms with Gasteiger partial charge in [0.25, 0.3) is 0 Å². The van der Waals surface area contributed by atoms with Crippen molar-refractivity contribution < 1.29 is 13.2 Å². The Kier molecular flexibility index (Phi) is 7.04. The second-order valence-electron chi connectivity index (χ2n) is 6.71. The van der Waals surface area contributed by atoms with Gasteiger partial charge in [0.1, 0.15) is 4.91 Å². The molecule has 3 rings (SSSR count). The van der Waals surface area contributed by atoms with Crippen molar-refractivity contribution in [2.45, 2.75) is 12.7 Å². The number of aldehydes is 1. The number of hydrogen-bond donors (Lipinski definition) is 0. The summed E-state index contributed by atoms with van der Waals surface area (Å²) in [6.45, 7) is 1.91. The first kappa shape index (κ1) is 22.6. The summed E-state index contributed by atoms with van der Waals surface area (Å²) in [6, 6.07) is 18.5. The Morgan fingerprint density at radius 1 is 0.900 bits per heavy atom. The molecule has 0 radical (unpaired) electrons.